The third-order valence-corrected chi connectivity index (χ3v) is 18.0. The van der Waals surface area contributed by atoms with Crippen LogP contribution < -0.4 is 69.1 Å². The van der Waals surface area contributed by atoms with E-state index in [-0.39, 0.29) is 22.2 Å². The lowest BCUT2D eigenvalue weighted by Crippen LogP contribution is -2.41. The first-order chi connectivity index (χ1) is 60.2. The summed E-state index contributed by atoms with van der Waals surface area (Å²) in [5.74, 6) is 0. The molecule has 0 radical (unpaired) electrons. The molecular formula is C120H239N13. The van der Waals surface area contributed by atoms with Gasteiger partial charge in [0.25, 0.3) is 0 Å². The molecule has 0 heterocycles. The van der Waals surface area contributed by atoms with Crippen LogP contribution in [0.25, 0.3) is 0 Å². The van der Waals surface area contributed by atoms with Gasteiger partial charge in [-0.05, 0) is 357 Å². The molecule has 0 amide bonds. The normalized spacial score (nSPS) is 12.2. The van der Waals surface area contributed by atoms with Crippen molar-refractivity contribution in [3.63, 3.8) is 0 Å². The second-order valence-corrected chi connectivity index (χ2v) is 49.6. The van der Waals surface area contributed by atoms with Crippen LogP contribution in [-0.2, 0) is 0 Å². The molecule has 0 fully saturated rings. The largest absolute Gasteiger partial charge is 0.385 e. The first-order valence-electron chi connectivity index (χ1n) is 52.4. The fraction of sp³-hybridized carbons (Fsp3) is 0.750. The second kappa shape index (κ2) is 77.6. The van der Waals surface area contributed by atoms with E-state index < -0.39 is 0 Å². The van der Waals surface area contributed by atoms with Crippen molar-refractivity contribution in [1.82, 2.24) is 42.5 Å². The minimum Gasteiger partial charge on any atom is -0.385 e. The average molecular weight is 1860 g/mol. The predicted molar refractivity (Wildman–Crippen MR) is 619 cm³/mol. The molecule has 5 aromatic carbocycles. The summed E-state index contributed by atoms with van der Waals surface area (Å²) < 4.78 is 0. The van der Waals surface area contributed by atoms with Crippen molar-refractivity contribution in [2.45, 2.75) is 534 Å². The molecule has 0 spiro atoms. The number of unbranched alkanes of at least 4 members (excludes halogenated alkanes) is 4. The topological polar surface area (TPSA) is 156 Å². The Hall–Kier alpha value is -5.22. The van der Waals surface area contributed by atoms with Gasteiger partial charge in [0, 0.05) is 136 Å². The van der Waals surface area contributed by atoms with Crippen molar-refractivity contribution in [1.29, 1.82) is 0 Å². The summed E-state index contributed by atoms with van der Waals surface area (Å²) >= 11 is 0. The molecule has 0 aliphatic rings. The molecule has 3 atom stereocenters. The van der Waals surface area contributed by atoms with Crippen molar-refractivity contribution in [2.24, 2.45) is 21.7 Å². The lowest BCUT2D eigenvalue weighted by atomic mass is 9.96. The third-order valence-electron chi connectivity index (χ3n) is 18.0. The number of aryl methyl sites for hydroxylation is 7. The van der Waals surface area contributed by atoms with Gasteiger partial charge in [-0.3, -0.25) is 0 Å². The van der Waals surface area contributed by atoms with E-state index >= 15 is 0 Å². The molecule has 13 heteroatoms. The molecule has 133 heavy (non-hydrogen) atoms. The lowest BCUT2D eigenvalue weighted by molar-refractivity contribution is 0.354. The number of nitrogens with one attached hydrogen (secondary N) is 13. The zero-order chi connectivity index (χ0) is 106. The Morgan fingerprint density at radius 2 is 0.556 bits per heavy atom. The van der Waals surface area contributed by atoms with Crippen LogP contribution in [0.4, 0.5) is 28.4 Å². The monoisotopic (exact) mass is 1860 g/mol. The van der Waals surface area contributed by atoms with Crippen LogP contribution >= 0.6 is 0 Å². The molecule has 13 N–H and O–H groups in total. The van der Waals surface area contributed by atoms with Crippen molar-refractivity contribution in [2.75, 3.05) is 65.9 Å². The van der Waals surface area contributed by atoms with Crippen LogP contribution in [0, 0.1) is 70.1 Å². The molecular weight excluding hydrogens is 1620 g/mol. The Morgan fingerprint density at radius 1 is 0.241 bits per heavy atom. The molecule has 0 saturated carbocycles. The molecule has 13 nitrogen and oxygen atoms in total. The van der Waals surface area contributed by atoms with Gasteiger partial charge < -0.3 is 69.1 Å². The van der Waals surface area contributed by atoms with Gasteiger partial charge in [0.15, 0.2) is 0 Å². The molecule has 0 aliphatic heterocycles. The molecule has 5 aromatic rings. The summed E-state index contributed by atoms with van der Waals surface area (Å²) in [4.78, 5) is 0. The Morgan fingerprint density at radius 3 is 0.812 bits per heavy atom. The molecule has 0 aromatic heterocycles. The molecule has 784 valence electrons. The fourth-order valence-corrected chi connectivity index (χ4v) is 12.0. The summed E-state index contributed by atoms with van der Waals surface area (Å²) in [6, 6.07) is 44.6. The Labute approximate surface area is 835 Å². The number of anilines is 5. The molecule has 5 rings (SSSR count). The molecule has 0 saturated heterocycles. The van der Waals surface area contributed by atoms with E-state index in [0.29, 0.717) is 87.6 Å². The lowest BCUT2D eigenvalue weighted by Gasteiger charge is -2.25. The summed E-state index contributed by atoms with van der Waals surface area (Å²) in [5.41, 5.74) is 18.0. The van der Waals surface area contributed by atoms with Gasteiger partial charge in [-0.25, -0.2) is 0 Å². The average Bonchev–Trinajstić information content (AvgIpc) is 0.799. The van der Waals surface area contributed by atoms with E-state index in [1.165, 1.54) is 132 Å². The first kappa shape index (κ1) is 143. The van der Waals surface area contributed by atoms with Crippen LogP contribution in [0.5, 0.6) is 0 Å². The van der Waals surface area contributed by atoms with Crippen LogP contribution in [0.1, 0.15) is 436 Å². The third kappa shape index (κ3) is 129. The zero-order valence-electron chi connectivity index (χ0n) is 99.8. The van der Waals surface area contributed by atoms with Crippen molar-refractivity contribution in [3.05, 3.63) is 148 Å². The van der Waals surface area contributed by atoms with E-state index in [1.54, 1.807) is 0 Å². The van der Waals surface area contributed by atoms with Gasteiger partial charge in [0.1, 0.15) is 0 Å². The van der Waals surface area contributed by atoms with E-state index in [0.717, 1.165) is 32.7 Å². The number of benzene rings is 5. The van der Waals surface area contributed by atoms with E-state index in [2.05, 4.69) is 566 Å². The highest BCUT2D eigenvalue weighted by atomic mass is 15.0. The molecule has 0 bridgehead atoms. The summed E-state index contributed by atoms with van der Waals surface area (Å²) in [5, 5.41) is 44.3. The van der Waals surface area contributed by atoms with Gasteiger partial charge in [-0.1, -0.05) is 278 Å². The van der Waals surface area contributed by atoms with Gasteiger partial charge in [0.2, 0.25) is 0 Å². The molecule has 0 aliphatic carbocycles. The van der Waals surface area contributed by atoms with Gasteiger partial charge >= 0.3 is 0 Å². The second-order valence-electron chi connectivity index (χ2n) is 49.6. The van der Waals surface area contributed by atoms with Crippen molar-refractivity contribution >= 4 is 28.4 Å². The number of hydrogen-bond donors (Lipinski definition) is 13. The van der Waals surface area contributed by atoms with E-state index in [1.807, 2.05) is 0 Å². The van der Waals surface area contributed by atoms with Crippen LogP contribution in [0.2, 0.25) is 0 Å². The van der Waals surface area contributed by atoms with Crippen LogP contribution in [-0.4, -0.2) is 127 Å². The first-order valence-corrected chi connectivity index (χ1v) is 52.4. The van der Waals surface area contributed by atoms with Gasteiger partial charge in [-0.2, -0.15) is 0 Å². The summed E-state index contributed by atoms with van der Waals surface area (Å²) in [6.07, 6.45) is 11.6. The maximum absolute atomic E-state index is 3.47. The predicted octanol–water partition coefficient (Wildman–Crippen LogP) is 33.1. The fourth-order valence-electron chi connectivity index (χ4n) is 12.0. The van der Waals surface area contributed by atoms with Gasteiger partial charge in [-0.15, -0.1) is 0 Å². The number of rotatable bonds is 30. The van der Waals surface area contributed by atoms with Crippen LogP contribution in [0.15, 0.2) is 109 Å². The minimum atomic E-state index is 0.139. The maximum Gasteiger partial charge on any atom is 0.0349 e. The SMILES string of the molecule is CC(C)NC(C)(C)C.CC(C)NC(C)C.CC(C)NCC(C)(C)C.CCC(C)NC(C)(C)C.CCC(C)NC(C)C.CCC(C)NCC(C)(C)C.CCCCCNC(C)(C)C.CCCCCNCC(C)(C)C.Cc1cc(C)cc(NC(C)(C)C)c1.Cc1cc(C)cc(NC(C)C)c1.Cc1ccc(NC(C)(C)C)cc1.Cc1ccc(NC(C)C)cc1.Cc1ccc(NCC(C)(C)C)cc1. The smallest absolute Gasteiger partial charge is 0.0349 e. The summed E-state index contributed by atoms with van der Waals surface area (Å²) in [6.45, 7) is 129. The highest BCUT2D eigenvalue weighted by Crippen LogP contribution is 2.22. The van der Waals surface area contributed by atoms with Gasteiger partial charge in [0.05, 0.1) is 0 Å². The Balaban J connectivity index is -0.000000213. The van der Waals surface area contributed by atoms with Crippen molar-refractivity contribution < 1.29 is 0 Å². The van der Waals surface area contributed by atoms with E-state index in [4.69, 9.17) is 0 Å². The number of hydrogen-bond acceptors (Lipinski definition) is 13. The highest BCUT2D eigenvalue weighted by Gasteiger charge is 2.16. The zero-order valence-corrected chi connectivity index (χ0v) is 99.8. The highest BCUT2D eigenvalue weighted by molar-refractivity contribution is 5.51. The Bertz CT molecular complexity index is 3330. The summed E-state index contributed by atoms with van der Waals surface area (Å²) in [7, 11) is 0. The van der Waals surface area contributed by atoms with Crippen molar-refractivity contribution in [3.8, 4) is 0 Å². The standard InChI is InChI=1S/2C12H19N.2C11H17N.C10H15N.C10H23N.2C9H21N.2C8H19N.2C7H17N.C6H15N/c1-9-6-10(2)8-11(7-9)13-12(3,4)5;1-10-5-7-11(8-6-10)13-9-12(2,3)4;1-8(2)12-11-6-9(3)5-10(4)7-11;1-9-5-7-10(8-6-9)12-11(2,3)4;1-8(2)11-10-6-4-9(3)5-7-10;1-5-6-7-8-11-9-10(2,3)4;1-6-8(2)10-7-9(3,4)5;1-5-6-7-8-10-9(2,3)4;1-7(2)9-6-8(3,4)5;1-6-7(2)9-8(3,4)5;1-6(2)8-7(3,4)5;1-5-7(4)8-6(2)3;1-5(2)7-6(3)4/h6-8,13H,1-5H3;5-8,13H,9H2,1-4H3;2*5-8,12H,1-4H3;4-8,11H,1-3H3;11H,5-9H2,1-4H3;8,10H,6-7H2,1-5H3;10H,5-8H2,1-4H3;2*7,9H,6H2,1-5H3;6,8H,1-5H3;6-8H,5H2,1-4H3;5-7H,1-4H3. The molecule has 3 unspecified atom stereocenters. The quantitative estimate of drug-likeness (QED) is 0.0197. The van der Waals surface area contributed by atoms with Crippen LogP contribution in [0.3, 0.4) is 0 Å². The Kier molecular flexibility index (Phi) is 83.5. The van der Waals surface area contributed by atoms with E-state index in [9.17, 15) is 0 Å². The minimum absolute atomic E-state index is 0.139. The maximum atomic E-state index is 3.47.